The van der Waals surface area contributed by atoms with Crippen LogP contribution < -0.4 is 4.90 Å². The summed E-state index contributed by atoms with van der Waals surface area (Å²) >= 11 is 2.46. The van der Waals surface area contributed by atoms with Crippen LogP contribution in [0.2, 0.25) is 0 Å². The summed E-state index contributed by atoms with van der Waals surface area (Å²) in [4.78, 5) is 2.55. The van der Waals surface area contributed by atoms with Gasteiger partial charge < -0.3 is 4.90 Å². The molecule has 92 valence electrons. The fourth-order valence-electron chi connectivity index (χ4n) is 3.35. The Hall–Kier alpha value is -0.290. The monoisotopic (exact) mass is 342 g/mol. The molecule has 2 heterocycles. The number of piperidine rings is 1. The van der Waals surface area contributed by atoms with Crippen LogP contribution >= 0.6 is 22.9 Å². The van der Waals surface area contributed by atoms with Gasteiger partial charge in [-0.25, -0.2) is 3.11 Å². The summed E-state index contributed by atoms with van der Waals surface area (Å²) in [6, 6.07) is 9.03. The van der Waals surface area contributed by atoms with Crippen molar-refractivity contribution in [1.82, 2.24) is 3.11 Å². The molecule has 1 spiro atoms. The first-order valence-electron chi connectivity index (χ1n) is 6.50. The first kappa shape index (κ1) is 11.8. The third-order valence-corrected chi connectivity index (χ3v) is 5.32. The number of anilines is 1. The van der Waals surface area contributed by atoms with E-state index in [0.717, 1.165) is 6.54 Å². The van der Waals surface area contributed by atoms with Crippen LogP contribution in [-0.4, -0.2) is 29.3 Å². The fourth-order valence-corrected chi connectivity index (χ4v) is 3.83. The Kier molecular flexibility index (Phi) is 3.07. The van der Waals surface area contributed by atoms with Crippen LogP contribution in [0.1, 0.15) is 25.3 Å². The highest BCUT2D eigenvalue weighted by Gasteiger charge is 2.43. The van der Waals surface area contributed by atoms with Crippen LogP contribution in [0.25, 0.3) is 0 Å². The van der Waals surface area contributed by atoms with Gasteiger partial charge in [0, 0.05) is 60.1 Å². The van der Waals surface area contributed by atoms with Crippen LogP contribution in [0, 0.1) is 0 Å². The maximum Gasteiger partial charge on any atom is 0.0405 e. The Labute approximate surface area is 117 Å². The molecule has 0 unspecified atom stereocenters. The van der Waals surface area contributed by atoms with E-state index < -0.39 is 0 Å². The number of halogens is 1. The average Bonchev–Trinajstić information content (AvgIpc) is 2.68. The van der Waals surface area contributed by atoms with Gasteiger partial charge in [-0.15, -0.1) is 0 Å². The van der Waals surface area contributed by atoms with E-state index in [0.29, 0.717) is 5.41 Å². The normalized spacial score (nSPS) is 23.1. The summed E-state index contributed by atoms with van der Waals surface area (Å²) < 4.78 is 2.43. The van der Waals surface area contributed by atoms with Gasteiger partial charge >= 0.3 is 0 Å². The van der Waals surface area contributed by atoms with Crippen molar-refractivity contribution in [3.63, 3.8) is 0 Å². The molecule has 2 aliphatic heterocycles. The molecule has 3 rings (SSSR count). The molecule has 0 atom stereocenters. The predicted molar refractivity (Wildman–Crippen MR) is 80.8 cm³/mol. The number of para-hydroxylation sites is 1. The SMILES string of the molecule is CCN1CC2(CCN(I)CC2)c2ccccc21. The first-order chi connectivity index (χ1) is 8.25. The number of hydrogen-bond donors (Lipinski definition) is 0. The standard InChI is InChI=1S/C14H19IN2/c1-2-16-11-14(7-9-17(15)10-8-14)12-5-3-4-6-13(12)16/h3-6H,2,7-11H2,1H3. The number of rotatable bonds is 1. The van der Waals surface area contributed by atoms with E-state index in [1.807, 2.05) is 0 Å². The quantitative estimate of drug-likeness (QED) is 0.571. The number of hydrogen-bond acceptors (Lipinski definition) is 2. The summed E-state index contributed by atoms with van der Waals surface area (Å²) in [5.74, 6) is 0. The predicted octanol–water partition coefficient (Wildman–Crippen LogP) is 3.21. The van der Waals surface area contributed by atoms with Crippen molar-refractivity contribution in [2.24, 2.45) is 0 Å². The fraction of sp³-hybridized carbons (Fsp3) is 0.571. The molecule has 1 fully saturated rings. The minimum atomic E-state index is 0.439. The Morgan fingerprint density at radius 2 is 1.94 bits per heavy atom. The molecule has 0 aliphatic carbocycles. The number of benzene rings is 1. The van der Waals surface area contributed by atoms with Gasteiger partial charge in [0.05, 0.1) is 0 Å². The molecule has 0 amide bonds. The summed E-state index contributed by atoms with van der Waals surface area (Å²) in [5.41, 5.74) is 3.53. The van der Waals surface area contributed by atoms with Crippen molar-refractivity contribution in [2.45, 2.75) is 25.2 Å². The van der Waals surface area contributed by atoms with Crippen molar-refractivity contribution in [2.75, 3.05) is 31.1 Å². The lowest BCUT2D eigenvalue weighted by atomic mass is 9.75. The van der Waals surface area contributed by atoms with E-state index in [9.17, 15) is 0 Å². The van der Waals surface area contributed by atoms with Crippen LogP contribution in [0.15, 0.2) is 24.3 Å². The Morgan fingerprint density at radius 3 is 2.65 bits per heavy atom. The molecule has 17 heavy (non-hydrogen) atoms. The zero-order chi connectivity index (χ0) is 11.9. The lowest BCUT2D eigenvalue weighted by Crippen LogP contribution is -2.42. The zero-order valence-electron chi connectivity index (χ0n) is 10.3. The molecule has 1 aromatic rings. The molecule has 0 N–H and O–H groups in total. The van der Waals surface area contributed by atoms with E-state index >= 15 is 0 Å². The zero-order valence-corrected chi connectivity index (χ0v) is 12.5. The van der Waals surface area contributed by atoms with Crippen LogP contribution in [0.5, 0.6) is 0 Å². The van der Waals surface area contributed by atoms with Gasteiger partial charge in [0.25, 0.3) is 0 Å². The van der Waals surface area contributed by atoms with Crippen LogP contribution in [0.4, 0.5) is 5.69 Å². The minimum Gasteiger partial charge on any atom is -0.371 e. The Morgan fingerprint density at radius 1 is 1.24 bits per heavy atom. The van der Waals surface area contributed by atoms with E-state index in [4.69, 9.17) is 0 Å². The topological polar surface area (TPSA) is 6.48 Å². The second-order valence-electron chi connectivity index (χ2n) is 5.22. The third-order valence-electron chi connectivity index (χ3n) is 4.36. The number of fused-ring (bicyclic) bond motifs is 2. The van der Waals surface area contributed by atoms with Crippen LogP contribution in [0.3, 0.4) is 0 Å². The molecule has 1 aromatic carbocycles. The minimum absolute atomic E-state index is 0.439. The second-order valence-corrected chi connectivity index (χ2v) is 6.59. The Bertz CT molecular complexity index is 410. The Balaban J connectivity index is 1.98. The first-order valence-corrected chi connectivity index (χ1v) is 7.47. The van der Waals surface area contributed by atoms with E-state index in [1.165, 1.54) is 38.2 Å². The molecule has 0 saturated carbocycles. The van der Waals surface area contributed by atoms with Gasteiger partial charge in [-0.1, -0.05) is 18.2 Å². The highest BCUT2D eigenvalue weighted by Crippen LogP contribution is 2.46. The maximum absolute atomic E-state index is 2.55. The molecule has 2 aliphatic rings. The summed E-state index contributed by atoms with van der Waals surface area (Å²) in [7, 11) is 0. The van der Waals surface area contributed by atoms with Crippen molar-refractivity contribution < 1.29 is 0 Å². The molecule has 0 aromatic heterocycles. The van der Waals surface area contributed by atoms with Crippen molar-refractivity contribution >= 4 is 28.6 Å². The van der Waals surface area contributed by atoms with E-state index in [1.54, 1.807) is 5.56 Å². The summed E-state index contributed by atoms with van der Waals surface area (Å²) in [6.07, 6.45) is 2.62. The number of nitrogens with zero attached hydrogens (tertiary/aromatic N) is 2. The molecule has 1 saturated heterocycles. The molecular formula is C14H19IN2. The van der Waals surface area contributed by atoms with Crippen molar-refractivity contribution in [3.8, 4) is 0 Å². The van der Waals surface area contributed by atoms with Gasteiger partial charge in [-0.05, 0) is 31.4 Å². The number of likely N-dealkylation sites (N-methyl/N-ethyl adjacent to an activating group) is 1. The molecule has 0 bridgehead atoms. The van der Waals surface area contributed by atoms with Crippen LogP contribution in [-0.2, 0) is 5.41 Å². The lowest BCUT2D eigenvalue weighted by molar-refractivity contribution is 0.272. The van der Waals surface area contributed by atoms with E-state index in [2.05, 4.69) is 62.1 Å². The van der Waals surface area contributed by atoms with Gasteiger partial charge in [0.15, 0.2) is 0 Å². The van der Waals surface area contributed by atoms with E-state index in [-0.39, 0.29) is 0 Å². The second kappa shape index (κ2) is 4.43. The summed E-state index contributed by atoms with van der Waals surface area (Å²) in [6.45, 7) is 7.09. The summed E-state index contributed by atoms with van der Waals surface area (Å²) in [5, 5.41) is 0. The van der Waals surface area contributed by atoms with Gasteiger partial charge in [0.2, 0.25) is 0 Å². The van der Waals surface area contributed by atoms with Crippen molar-refractivity contribution in [3.05, 3.63) is 29.8 Å². The van der Waals surface area contributed by atoms with Gasteiger partial charge in [-0.3, -0.25) is 0 Å². The average molecular weight is 342 g/mol. The highest BCUT2D eigenvalue weighted by molar-refractivity contribution is 14.1. The highest BCUT2D eigenvalue weighted by atomic mass is 127. The largest absolute Gasteiger partial charge is 0.371 e. The van der Waals surface area contributed by atoms with Crippen molar-refractivity contribution in [1.29, 1.82) is 0 Å². The van der Waals surface area contributed by atoms with Gasteiger partial charge in [0.1, 0.15) is 0 Å². The molecular weight excluding hydrogens is 323 g/mol. The maximum atomic E-state index is 2.55. The smallest absolute Gasteiger partial charge is 0.0405 e. The molecule has 2 nitrogen and oxygen atoms in total. The molecule has 0 radical (unpaired) electrons. The lowest BCUT2D eigenvalue weighted by Gasteiger charge is -2.37. The molecule has 3 heteroatoms. The van der Waals surface area contributed by atoms with Gasteiger partial charge in [-0.2, -0.15) is 0 Å². The third kappa shape index (κ3) is 1.87.